The maximum absolute atomic E-state index is 11.6. The average Bonchev–Trinajstić information content (AvgIpc) is 2.93. The lowest BCUT2D eigenvalue weighted by Crippen LogP contribution is -2.55. The first kappa shape index (κ1) is 21.9. The van der Waals surface area contributed by atoms with Crippen LogP contribution in [0.25, 0.3) is 0 Å². The van der Waals surface area contributed by atoms with Crippen LogP contribution < -0.4 is 0 Å². The molecule has 0 aromatic heterocycles. The second-order valence-corrected chi connectivity index (χ2v) is 10.9. The minimum Gasteiger partial charge on any atom is -0.466 e. The van der Waals surface area contributed by atoms with Crippen LogP contribution >= 0.6 is 0 Å². The molecule has 4 aliphatic carbocycles. The first-order chi connectivity index (χ1) is 14.1. The summed E-state index contributed by atoms with van der Waals surface area (Å²) in [5, 5.41) is 11.6. The lowest BCUT2D eigenvalue weighted by molar-refractivity contribution is -0.152. The van der Waals surface area contributed by atoms with E-state index in [2.05, 4.69) is 19.9 Å². The molecule has 0 heterocycles. The highest BCUT2D eigenvalue weighted by atomic mass is 16.5. The quantitative estimate of drug-likeness (QED) is 0.535. The highest BCUT2D eigenvalue weighted by Gasteiger charge is 2.63. The van der Waals surface area contributed by atoms with Crippen molar-refractivity contribution >= 4 is 11.9 Å². The van der Waals surface area contributed by atoms with E-state index in [4.69, 9.17) is 9.47 Å². The van der Waals surface area contributed by atoms with Crippen molar-refractivity contribution in [2.24, 2.45) is 28.6 Å². The molecule has 0 amide bonds. The molecule has 0 spiro atoms. The van der Waals surface area contributed by atoms with Crippen LogP contribution in [0.15, 0.2) is 11.6 Å². The summed E-state index contributed by atoms with van der Waals surface area (Å²) >= 11 is 0. The molecule has 4 rings (SSSR count). The molecular weight excluding hydrogens is 380 g/mol. The molecule has 0 bridgehead atoms. The predicted octanol–water partition coefficient (Wildman–Crippen LogP) is 4.57. The lowest BCUT2D eigenvalue weighted by atomic mass is 9.47. The van der Waals surface area contributed by atoms with E-state index in [1.165, 1.54) is 19.4 Å². The summed E-state index contributed by atoms with van der Waals surface area (Å²) in [7, 11) is 0. The van der Waals surface area contributed by atoms with Crippen LogP contribution in [0, 0.1) is 28.6 Å². The maximum Gasteiger partial charge on any atom is 0.302 e. The summed E-state index contributed by atoms with van der Waals surface area (Å²) in [6, 6.07) is 0. The molecule has 0 aliphatic heterocycles. The van der Waals surface area contributed by atoms with E-state index < -0.39 is 5.60 Å². The molecule has 7 atom stereocenters. The fourth-order valence-corrected chi connectivity index (χ4v) is 7.85. The van der Waals surface area contributed by atoms with Gasteiger partial charge >= 0.3 is 11.9 Å². The van der Waals surface area contributed by atoms with Crippen molar-refractivity contribution in [3.05, 3.63) is 11.6 Å². The molecule has 0 aromatic carbocycles. The third-order valence-electron chi connectivity index (χ3n) is 9.53. The van der Waals surface area contributed by atoms with E-state index in [0.717, 1.165) is 51.4 Å². The van der Waals surface area contributed by atoms with Crippen molar-refractivity contribution in [1.82, 2.24) is 0 Å². The van der Waals surface area contributed by atoms with Gasteiger partial charge in [0.1, 0.15) is 6.10 Å². The van der Waals surface area contributed by atoms with Crippen molar-refractivity contribution in [2.75, 3.05) is 6.61 Å². The van der Waals surface area contributed by atoms with Crippen LogP contribution in [0.5, 0.6) is 0 Å². The zero-order valence-electron chi connectivity index (χ0n) is 19.0. The predicted molar refractivity (Wildman–Crippen MR) is 113 cm³/mol. The van der Waals surface area contributed by atoms with Crippen LogP contribution in [0.1, 0.15) is 85.5 Å². The van der Waals surface area contributed by atoms with Crippen LogP contribution in [-0.4, -0.2) is 35.4 Å². The number of fused-ring (bicyclic) bond motifs is 5. The van der Waals surface area contributed by atoms with Gasteiger partial charge in [0.25, 0.3) is 0 Å². The standard InChI is InChI=1S/C25H38O5/c1-16(26)29-14-13-25(28)12-9-22-20-6-5-18-15-19(30-17(2)27)7-10-23(18,3)21(20)8-11-24(22,25)4/h5,19-22,28H,6-15H2,1-4H3. The maximum atomic E-state index is 11.6. The van der Waals surface area contributed by atoms with Crippen molar-refractivity contribution < 1.29 is 24.2 Å². The number of hydrogen-bond donors (Lipinski definition) is 1. The molecule has 0 radical (unpaired) electrons. The number of carbonyl (C=O) groups is 2. The smallest absolute Gasteiger partial charge is 0.302 e. The number of aliphatic hydroxyl groups is 1. The summed E-state index contributed by atoms with van der Waals surface area (Å²) < 4.78 is 10.7. The Kier molecular flexibility index (Phi) is 5.57. The van der Waals surface area contributed by atoms with E-state index in [1.54, 1.807) is 0 Å². The molecule has 3 saturated carbocycles. The highest BCUT2D eigenvalue weighted by Crippen LogP contribution is 2.67. The first-order valence-electron chi connectivity index (χ1n) is 11.8. The number of rotatable bonds is 4. The summed E-state index contributed by atoms with van der Waals surface area (Å²) in [6.07, 6.45) is 11.0. The molecule has 1 N–H and O–H groups in total. The molecule has 30 heavy (non-hydrogen) atoms. The van der Waals surface area contributed by atoms with Gasteiger partial charge in [-0.05, 0) is 73.5 Å². The van der Waals surface area contributed by atoms with Crippen molar-refractivity contribution in [3.8, 4) is 0 Å². The molecule has 4 aliphatic rings. The van der Waals surface area contributed by atoms with E-state index in [-0.39, 0.29) is 28.9 Å². The molecule has 3 fully saturated rings. The zero-order chi connectivity index (χ0) is 21.7. The van der Waals surface area contributed by atoms with Crippen molar-refractivity contribution in [3.63, 3.8) is 0 Å². The van der Waals surface area contributed by atoms with E-state index in [9.17, 15) is 14.7 Å². The topological polar surface area (TPSA) is 72.8 Å². The third kappa shape index (κ3) is 3.41. The number of carbonyl (C=O) groups excluding carboxylic acids is 2. The Balaban J connectivity index is 1.52. The SMILES string of the molecule is CC(=O)OCCC1(O)CCC2C3CC=C4CC(OC(C)=O)CCC4(C)C3CCC21C. The van der Waals surface area contributed by atoms with Gasteiger partial charge in [-0.2, -0.15) is 0 Å². The van der Waals surface area contributed by atoms with Gasteiger partial charge < -0.3 is 14.6 Å². The molecule has 0 aromatic rings. The molecule has 5 heteroatoms. The normalized spacial score (nSPS) is 44.9. The monoisotopic (exact) mass is 418 g/mol. The molecule has 7 unspecified atom stereocenters. The van der Waals surface area contributed by atoms with Crippen LogP contribution in [0.2, 0.25) is 0 Å². The number of ether oxygens (including phenoxy) is 2. The Labute approximate surface area is 180 Å². The summed E-state index contributed by atoms with van der Waals surface area (Å²) in [4.78, 5) is 22.6. The number of allylic oxidation sites excluding steroid dienone is 1. The molecule has 168 valence electrons. The minimum absolute atomic E-state index is 0.0325. The number of hydrogen-bond acceptors (Lipinski definition) is 5. The molecule has 0 saturated heterocycles. The van der Waals surface area contributed by atoms with Gasteiger partial charge in [0.15, 0.2) is 0 Å². The third-order valence-corrected chi connectivity index (χ3v) is 9.53. The van der Waals surface area contributed by atoms with Gasteiger partial charge in [0.05, 0.1) is 12.2 Å². The van der Waals surface area contributed by atoms with Gasteiger partial charge in [-0.25, -0.2) is 0 Å². The highest BCUT2D eigenvalue weighted by molar-refractivity contribution is 5.66. The lowest BCUT2D eigenvalue weighted by Gasteiger charge is -2.59. The fourth-order valence-electron chi connectivity index (χ4n) is 7.85. The van der Waals surface area contributed by atoms with Gasteiger partial charge in [0.2, 0.25) is 0 Å². The van der Waals surface area contributed by atoms with Gasteiger partial charge in [-0.3, -0.25) is 9.59 Å². The van der Waals surface area contributed by atoms with Gasteiger partial charge in [0, 0.05) is 26.7 Å². The Morgan fingerprint density at radius 3 is 2.50 bits per heavy atom. The van der Waals surface area contributed by atoms with Crippen LogP contribution in [0.3, 0.4) is 0 Å². The van der Waals surface area contributed by atoms with Crippen LogP contribution in [0.4, 0.5) is 0 Å². The zero-order valence-corrected chi connectivity index (χ0v) is 19.0. The Hall–Kier alpha value is -1.36. The summed E-state index contributed by atoms with van der Waals surface area (Å²) in [5.41, 5.74) is 0.841. The second kappa shape index (κ2) is 7.65. The molecular formula is C25H38O5. The van der Waals surface area contributed by atoms with Crippen molar-refractivity contribution in [2.45, 2.75) is 97.2 Å². The Morgan fingerprint density at radius 2 is 1.80 bits per heavy atom. The average molecular weight is 419 g/mol. The molecule has 5 nitrogen and oxygen atoms in total. The summed E-state index contributed by atoms with van der Waals surface area (Å²) in [6.45, 7) is 7.96. The number of esters is 2. The van der Waals surface area contributed by atoms with Gasteiger partial charge in [-0.15, -0.1) is 0 Å². The van der Waals surface area contributed by atoms with E-state index in [1.807, 2.05) is 0 Å². The fraction of sp³-hybridized carbons (Fsp3) is 0.840. The minimum atomic E-state index is -0.740. The van der Waals surface area contributed by atoms with E-state index >= 15 is 0 Å². The Morgan fingerprint density at radius 1 is 1.07 bits per heavy atom. The first-order valence-corrected chi connectivity index (χ1v) is 11.8. The Bertz CT molecular complexity index is 744. The summed E-state index contributed by atoms with van der Waals surface area (Å²) in [5.74, 6) is 1.31. The van der Waals surface area contributed by atoms with E-state index in [0.29, 0.717) is 30.8 Å². The second-order valence-electron chi connectivity index (χ2n) is 10.9. The van der Waals surface area contributed by atoms with Gasteiger partial charge in [-0.1, -0.05) is 25.5 Å². The van der Waals surface area contributed by atoms with Crippen molar-refractivity contribution in [1.29, 1.82) is 0 Å². The largest absolute Gasteiger partial charge is 0.466 e. The van der Waals surface area contributed by atoms with Crippen LogP contribution in [-0.2, 0) is 19.1 Å².